The van der Waals surface area contributed by atoms with E-state index in [1.165, 1.54) is 22.6 Å². The van der Waals surface area contributed by atoms with E-state index >= 15 is 0 Å². The third-order valence-corrected chi connectivity index (χ3v) is 6.62. The molecule has 0 spiro atoms. The molecule has 165 valence electrons. The summed E-state index contributed by atoms with van der Waals surface area (Å²) in [5, 5.41) is 2.09. The third-order valence-electron chi connectivity index (χ3n) is 5.99. The highest BCUT2D eigenvalue weighted by Gasteiger charge is 2.18. The average Bonchev–Trinajstić information content (AvgIpc) is 3.20. The number of rotatable bonds is 3. The summed E-state index contributed by atoms with van der Waals surface area (Å²) in [4.78, 5) is 10.4. The van der Waals surface area contributed by atoms with Gasteiger partial charge in [0, 0.05) is 43.0 Å². The third kappa shape index (κ3) is 4.66. The Kier molecular flexibility index (Phi) is 6.17. The van der Waals surface area contributed by atoms with E-state index < -0.39 is 0 Å². The maximum Gasteiger partial charge on any atom is 0.138 e. The van der Waals surface area contributed by atoms with Gasteiger partial charge in [-0.3, -0.25) is 4.90 Å². The summed E-state index contributed by atoms with van der Waals surface area (Å²) in [5.41, 5.74) is 7.44. The van der Waals surface area contributed by atoms with Gasteiger partial charge in [-0.1, -0.05) is 73.2 Å². The predicted octanol–water partition coefficient (Wildman–Crippen LogP) is 6.91. The first-order valence-corrected chi connectivity index (χ1v) is 11.8. The summed E-state index contributed by atoms with van der Waals surface area (Å²) in [5.74, 6) is 7.80. The zero-order chi connectivity index (χ0) is 22.9. The van der Waals surface area contributed by atoms with Gasteiger partial charge in [-0.2, -0.15) is 0 Å². The molecule has 4 aromatic rings. The molecule has 0 amide bonds. The lowest BCUT2D eigenvalue weighted by molar-refractivity contribution is 0.264. The van der Waals surface area contributed by atoms with Gasteiger partial charge in [0.2, 0.25) is 0 Å². The Bertz CT molecular complexity index is 1370. The van der Waals surface area contributed by atoms with Gasteiger partial charge >= 0.3 is 0 Å². The van der Waals surface area contributed by atoms with Crippen molar-refractivity contribution in [2.45, 2.75) is 26.8 Å². The van der Waals surface area contributed by atoms with Crippen LogP contribution in [0.1, 0.15) is 36.1 Å². The van der Waals surface area contributed by atoms with Crippen LogP contribution in [-0.2, 0) is 13.0 Å². The normalized spacial score (nSPS) is 13.7. The Balaban J connectivity index is 1.46. The lowest BCUT2D eigenvalue weighted by atomic mass is 9.94. The zero-order valence-corrected chi connectivity index (χ0v) is 20.2. The second kappa shape index (κ2) is 9.23. The standard InChI is InChI=1S/C28H24Cl2N3/c1-18(2)16-33-11-10-20-12-19(6-7-22(20)17-33)23-13-25-21(14-31-28(25)32-15-23)8-9-24-26(29)4-3-5-27(24)30/h3-7,12-15H,10-11,16-17H2,1-2H3,(H,31,32). The van der Waals surface area contributed by atoms with Gasteiger partial charge in [0.1, 0.15) is 5.65 Å². The van der Waals surface area contributed by atoms with Crippen LogP contribution in [0.4, 0.5) is 0 Å². The first kappa shape index (κ1) is 22.0. The predicted molar refractivity (Wildman–Crippen MR) is 138 cm³/mol. The number of aromatic nitrogens is 2. The van der Waals surface area contributed by atoms with Crippen molar-refractivity contribution in [1.82, 2.24) is 14.9 Å². The van der Waals surface area contributed by atoms with Crippen molar-refractivity contribution in [2.75, 3.05) is 13.1 Å². The molecule has 0 fully saturated rings. The largest absolute Gasteiger partial charge is 0.345 e. The summed E-state index contributed by atoms with van der Waals surface area (Å²) in [6, 6.07) is 14.4. The van der Waals surface area contributed by atoms with E-state index in [1.54, 1.807) is 12.1 Å². The molecule has 0 saturated heterocycles. The highest BCUT2D eigenvalue weighted by Crippen LogP contribution is 2.29. The number of hydrogen-bond acceptors (Lipinski definition) is 2. The molecule has 2 aromatic carbocycles. The zero-order valence-electron chi connectivity index (χ0n) is 18.7. The van der Waals surface area contributed by atoms with E-state index in [9.17, 15) is 0 Å². The van der Waals surface area contributed by atoms with Crippen molar-refractivity contribution in [2.24, 2.45) is 0 Å². The van der Waals surface area contributed by atoms with Crippen molar-refractivity contribution < 1.29 is 0 Å². The van der Waals surface area contributed by atoms with E-state index in [1.807, 2.05) is 18.5 Å². The van der Waals surface area contributed by atoms with Crippen molar-refractivity contribution in [3.05, 3.63) is 93.1 Å². The first-order chi connectivity index (χ1) is 16.0. The van der Waals surface area contributed by atoms with Crippen molar-refractivity contribution in [3.8, 4) is 23.0 Å². The molecule has 3 heterocycles. The van der Waals surface area contributed by atoms with E-state index in [0.717, 1.165) is 48.2 Å². The smallest absolute Gasteiger partial charge is 0.138 e. The maximum atomic E-state index is 6.27. The highest BCUT2D eigenvalue weighted by atomic mass is 35.5. The molecular formula is C28H24Cl2N3. The van der Waals surface area contributed by atoms with Crippen molar-refractivity contribution in [3.63, 3.8) is 0 Å². The lowest BCUT2D eigenvalue weighted by Crippen LogP contribution is -2.32. The summed E-state index contributed by atoms with van der Waals surface area (Å²) < 4.78 is 0. The number of nitrogens with one attached hydrogen (secondary N) is 1. The van der Waals surface area contributed by atoms with E-state index in [4.69, 9.17) is 23.2 Å². The van der Waals surface area contributed by atoms with Crippen LogP contribution in [-0.4, -0.2) is 28.0 Å². The average molecular weight is 473 g/mol. The molecule has 0 atom stereocenters. The van der Waals surface area contributed by atoms with Gasteiger partial charge in [0.15, 0.2) is 0 Å². The molecule has 0 saturated carbocycles. The Labute approximate surface area is 204 Å². The molecule has 0 aliphatic carbocycles. The quantitative estimate of drug-likeness (QED) is 0.328. The molecule has 1 radical (unpaired) electrons. The molecular weight excluding hydrogens is 449 g/mol. The molecule has 3 nitrogen and oxygen atoms in total. The van der Waals surface area contributed by atoms with Gasteiger partial charge in [0.05, 0.1) is 21.2 Å². The van der Waals surface area contributed by atoms with Crippen LogP contribution in [0, 0.1) is 17.8 Å². The Morgan fingerprint density at radius 3 is 2.64 bits per heavy atom. The van der Waals surface area contributed by atoms with Crippen LogP contribution in [0.3, 0.4) is 0 Å². The van der Waals surface area contributed by atoms with Crippen molar-refractivity contribution in [1.29, 1.82) is 0 Å². The molecule has 33 heavy (non-hydrogen) atoms. The molecule has 0 bridgehead atoms. The fourth-order valence-corrected chi connectivity index (χ4v) is 4.88. The Morgan fingerprint density at radius 1 is 1.03 bits per heavy atom. The SMILES string of the molecule is C[C](C)CN1CCc2cc(-c3cnc4[nH]cc(C#Cc5c(Cl)cccc5Cl)c4c3)ccc2C1. The fourth-order valence-electron chi connectivity index (χ4n) is 4.38. The Morgan fingerprint density at radius 2 is 1.85 bits per heavy atom. The van der Waals surface area contributed by atoms with Crippen LogP contribution in [0.5, 0.6) is 0 Å². The maximum absolute atomic E-state index is 6.27. The van der Waals surface area contributed by atoms with E-state index in [0.29, 0.717) is 15.6 Å². The minimum absolute atomic E-state index is 0.549. The molecule has 1 aliphatic heterocycles. The summed E-state index contributed by atoms with van der Waals surface area (Å²) in [6.45, 7) is 7.58. The minimum atomic E-state index is 0.549. The minimum Gasteiger partial charge on any atom is -0.345 e. The van der Waals surface area contributed by atoms with Crippen LogP contribution in [0.15, 0.2) is 54.9 Å². The van der Waals surface area contributed by atoms with Crippen LogP contribution < -0.4 is 0 Å². The van der Waals surface area contributed by atoms with Gasteiger partial charge in [-0.25, -0.2) is 4.98 Å². The first-order valence-electron chi connectivity index (χ1n) is 11.0. The number of halogens is 2. The van der Waals surface area contributed by atoms with Gasteiger partial charge in [-0.15, -0.1) is 0 Å². The van der Waals surface area contributed by atoms with Crippen LogP contribution in [0.25, 0.3) is 22.2 Å². The number of aromatic amines is 1. The number of nitrogens with zero attached hydrogens (tertiary/aromatic N) is 2. The van der Waals surface area contributed by atoms with Gasteiger partial charge in [-0.05, 0) is 47.2 Å². The lowest BCUT2D eigenvalue weighted by Gasteiger charge is -2.30. The molecule has 1 aliphatic rings. The van der Waals surface area contributed by atoms with Crippen molar-refractivity contribution >= 4 is 34.2 Å². The topological polar surface area (TPSA) is 31.9 Å². The molecule has 1 N–H and O–H groups in total. The fraction of sp³-hybridized carbons (Fsp3) is 0.214. The second-order valence-corrected chi connectivity index (χ2v) is 9.63. The molecule has 5 rings (SSSR count). The molecule has 5 heteroatoms. The highest BCUT2D eigenvalue weighted by molar-refractivity contribution is 6.36. The summed E-state index contributed by atoms with van der Waals surface area (Å²) in [7, 11) is 0. The number of fused-ring (bicyclic) bond motifs is 2. The van der Waals surface area contributed by atoms with Crippen LogP contribution in [0.2, 0.25) is 10.0 Å². The number of H-pyrrole nitrogens is 1. The summed E-state index contributed by atoms with van der Waals surface area (Å²) in [6.07, 6.45) is 4.88. The number of benzene rings is 2. The monoisotopic (exact) mass is 472 g/mol. The molecule has 2 aromatic heterocycles. The second-order valence-electron chi connectivity index (χ2n) is 8.82. The van der Waals surface area contributed by atoms with Gasteiger partial charge in [0.25, 0.3) is 0 Å². The van der Waals surface area contributed by atoms with Crippen LogP contribution >= 0.6 is 23.2 Å². The number of pyridine rings is 1. The molecule has 0 unspecified atom stereocenters. The van der Waals surface area contributed by atoms with E-state index in [2.05, 4.69) is 64.8 Å². The summed E-state index contributed by atoms with van der Waals surface area (Å²) >= 11 is 12.5. The number of hydrogen-bond donors (Lipinski definition) is 1. The van der Waals surface area contributed by atoms with Gasteiger partial charge < -0.3 is 4.98 Å². The Hall–Kier alpha value is -2.77. The van der Waals surface area contributed by atoms with E-state index in [-0.39, 0.29) is 0 Å².